The summed E-state index contributed by atoms with van der Waals surface area (Å²) in [6, 6.07) is 7.40. The summed E-state index contributed by atoms with van der Waals surface area (Å²) in [4.78, 5) is -0.523. The Morgan fingerprint density at radius 3 is 2.45 bits per heavy atom. The fourth-order valence-electron chi connectivity index (χ4n) is 1.92. The normalized spacial score (nSPS) is 12.3. The maximum absolute atomic E-state index is 14.0. The van der Waals surface area contributed by atoms with Crippen LogP contribution in [0.2, 0.25) is 5.02 Å². The molecule has 0 heterocycles. The van der Waals surface area contributed by atoms with E-state index in [-0.39, 0.29) is 11.1 Å². The van der Waals surface area contributed by atoms with Crippen molar-refractivity contribution in [2.45, 2.75) is 11.8 Å². The van der Waals surface area contributed by atoms with E-state index in [0.29, 0.717) is 16.3 Å². The summed E-state index contributed by atoms with van der Waals surface area (Å²) in [7, 11) is 1.50. The van der Waals surface area contributed by atoms with Crippen molar-refractivity contribution in [3.05, 3.63) is 63.7 Å². The Kier molecular flexibility index (Phi) is 4.66. The first-order chi connectivity index (χ1) is 9.43. The van der Waals surface area contributed by atoms with Crippen LogP contribution < -0.4 is 4.74 Å². The Morgan fingerprint density at radius 2 is 1.80 bits per heavy atom. The van der Waals surface area contributed by atoms with E-state index in [2.05, 4.69) is 15.9 Å². The van der Waals surface area contributed by atoms with Crippen molar-refractivity contribution in [3.8, 4) is 5.75 Å². The zero-order valence-electron chi connectivity index (χ0n) is 10.9. The lowest BCUT2D eigenvalue weighted by Crippen LogP contribution is -2.01. The van der Waals surface area contributed by atoms with Crippen molar-refractivity contribution < 1.29 is 13.5 Å². The molecular formula is C15H12BrClF2O. The second kappa shape index (κ2) is 6.10. The Morgan fingerprint density at radius 1 is 1.10 bits per heavy atom. The van der Waals surface area contributed by atoms with Gasteiger partial charge in [0.25, 0.3) is 0 Å². The van der Waals surface area contributed by atoms with Crippen LogP contribution in [0, 0.1) is 18.6 Å². The van der Waals surface area contributed by atoms with E-state index in [1.807, 2.05) is 0 Å². The van der Waals surface area contributed by atoms with Crippen molar-refractivity contribution in [2.24, 2.45) is 0 Å². The maximum Gasteiger partial charge on any atom is 0.128 e. The highest BCUT2D eigenvalue weighted by atomic mass is 79.9. The standard InChI is InChI=1S/C15H12BrClF2O/c1-8-5-13(19)11(7-12(8)18)15(16)10-4-3-9(17)6-14(10)20-2/h3-7,15H,1-2H3. The maximum atomic E-state index is 14.0. The number of benzene rings is 2. The lowest BCUT2D eigenvalue weighted by Gasteiger charge is -2.16. The first kappa shape index (κ1) is 15.3. The lowest BCUT2D eigenvalue weighted by molar-refractivity contribution is 0.410. The highest BCUT2D eigenvalue weighted by Crippen LogP contribution is 2.39. The molecule has 2 rings (SSSR count). The number of alkyl halides is 1. The fourth-order valence-corrected chi connectivity index (χ4v) is 2.81. The van der Waals surface area contributed by atoms with Gasteiger partial charge in [0.15, 0.2) is 0 Å². The van der Waals surface area contributed by atoms with Crippen LogP contribution in [0.25, 0.3) is 0 Å². The van der Waals surface area contributed by atoms with Gasteiger partial charge in [-0.3, -0.25) is 0 Å². The van der Waals surface area contributed by atoms with Crippen molar-refractivity contribution in [3.63, 3.8) is 0 Å². The fraction of sp³-hybridized carbons (Fsp3) is 0.200. The Labute approximate surface area is 129 Å². The van der Waals surface area contributed by atoms with Crippen LogP contribution in [0.5, 0.6) is 5.75 Å². The zero-order chi connectivity index (χ0) is 14.9. The topological polar surface area (TPSA) is 9.23 Å². The highest BCUT2D eigenvalue weighted by Gasteiger charge is 2.20. The molecule has 106 valence electrons. The van der Waals surface area contributed by atoms with Gasteiger partial charge < -0.3 is 4.74 Å². The van der Waals surface area contributed by atoms with E-state index >= 15 is 0 Å². The summed E-state index contributed by atoms with van der Waals surface area (Å²) in [6.07, 6.45) is 0. The first-order valence-corrected chi connectivity index (χ1v) is 7.16. The molecule has 1 nitrogen and oxygen atoms in total. The quantitative estimate of drug-likeness (QED) is 0.663. The van der Waals surface area contributed by atoms with Gasteiger partial charge in [-0.15, -0.1) is 0 Å². The van der Waals surface area contributed by atoms with Crippen LogP contribution in [0.15, 0.2) is 30.3 Å². The number of aryl methyl sites for hydroxylation is 1. The number of halogens is 4. The lowest BCUT2D eigenvalue weighted by atomic mass is 10.0. The van der Waals surface area contributed by atoms with E-state index in [9.17, 15) is 8.78 Å². The van der Waals surface area contributed by atoms with Gasteiger partial charge in [0.05, 0.1) is 11.9 Å². The molecule has 2 aromatic rings. The van der Waals surface area contributed by atoms with Gasteiger partial charge >= 0.3 is 0 Å². The number of methoxy groups -OCH3 is 1. The Hall–Kier alpha value is -1.13. The van der Waals surface area contributed by atoms with Gasteiger partial charge in [0.1, 0.15) is 17.4 Å². The van der Waals surface area contributed by atoms with Crippen LogP contribution >= 0.6 is 27.5 Å². The van der Waals surface area contributed by atoms with Crippen molar-refractivity contribution >= 4 is 27.5 Å². The summed E-state index contributed by atoms with van der Waals surface area (Å²) in [5, 5.41) is 0.515. The predicted octanol–water partition coefficient (Wildman–Crippen LogP) is 5.42. The molecule has 1 atom stereocenters. The van der Waals surface area contributed by atoms with Crippen LogP contribution in [-0.4, -0.2) is 7.11 Å². The van der Waals surface area contributed by atoms with Gasteiger partial charge in [0.2, 0.25) is 0 Å². The molecule has 0 aliphatic carbocycles. The minimum atomic E-state index is -0.523. The summed E-state index contributed by atoms with van der Waals surface area (Å²) >= 11 is 9.28. The van der Waals surface area contributed by atoms with Crippen LogP contribution in [-0.2, 0) is 0 Å². The molecule has 0 fully saturated rings. The molecule has 0 aromatic heterocycles. The number of hydrogen-bond acceptors (Lipinski definition) is 1. The van der Waals surface area contributed by atoms with E-state index in [0.717, 1.165) is 0 Å². The summed E-state index contributed by atoms with van der Waals surface area (Å²) in [6.45, 7) is 1.52. The summed E-state index contributed by atoms with van der Waals surface area (Å²) in [5.74, 6) is -0.402. The van der Waals surface area contributed by atoms with Gasteiger partial charge in [-0.2, -0.15) is 0 Å². The smallest absolute Gasteiger partial charge is 0.128 e. The molecular weight excluding hydrogens is 350 g/mol. The molecule has 0 aliphatic rings. The Bertz CT molecular complexity index is 646. The van der Waals surface area contributed by atoms with E-state index in [4.69, 9.17) is 16.3 Å². The van der Waals surface area contributed by atoms with Crippen molar-refractivity contribution in [1.29, 1.82) is 0 Å². The average molecular weight is 362 g/mol. The van der Waals surface area contributed by atoms with Crippen molar-refractivity contribution in [1.82, 2.24) is 0 Å². The molecule has 0 spiro atoms. The van der Waals surface area contributed by atoms with Gasteiger partial charge in [-0.1, -0.05) is 33.6 Å². The molecule has 0 saturated heterocycles. The van der Waals surface area contributed by atoms with Gasteiger partial charge in [-0.25, -0.2) is 8.78 Å². The summed E-state index contributed by atoms with van der Waals surface area (Å²) < 4.78 is 32.9. The molecule has 0 bridgehead atoms. The van der Waals surface area contributed by atoms with E-state index in [1.54, 1.807) is 18.2 Å². The molecule has 2 aromatic carbocycles. The van der Waals surface area contributed by atoms with E-state index in [1.165, 1.54) is 26.2 Å². The minimum absolute atomic E-state index is 0.216. The second-order valence-corrected chi connectivity index (χ2v) is 5.72. The van der Waals surface area contributed by atoms with Crippen LogP contribution in [0.1, 0.15) is 21.5 Å². The molecule has 0 amide bonds. The molecule has 0 N–H and O–H groups in total. The molecule has 0 saturated carbocycles. The summed E-state index contributed by atoms with van der Waals surface area (Å²) in [5.41, 5.74) is 1.17. The number of rotatable bonds is 3. The number of ether oxygens (including phenoxy) is 1. The average Bonchev–Trinajstić information content (AvgIpc) is 2.42. The SMILES string of the molecule is COc1cc(Cl)ccc1C(Br)c1cc(F)c(C)cc1F. The predicted molar refractivity (Wildman–Crippen MR) is 79.9 cm³/mol. The molecule has 0 aliphatic heterocycles. The monoisotopic (exact) mass is 360 g/mol. The van der Waals surface area contributed by atoms with Gasteiger partial charge in [-0.05, 0) is 36.8 Å². The third-order valence-electron chi connectivity index (χ3n) is 3.02. The van der Waals surface area contributed by atoms with E-state index < -0.39 is 16.5 Å². The third-order valence-corrected chi connectivity index (χ3v) is 4.24. The Balaban J connectivity index is 2.51. The molecule has 1 unspecified atom stereocenters. The zero-order valence-corrected chi connectivity index (χ0v) is 13.2. The second-order valence-electron chi connectivity index (χ2n) is 4.37. The molecule has 20 heavy (non-hydrogen) atoms. The van der Waals surface area contributed by atoms with Crippen LogP contribution in [0.3, 0.4) is 0 Å². The minimum Gasteiger partial charge on any atom is -0.496 e. The van der Waals surface area contributed by atoms with Crippen LogP contribution in [0.4, 0.5) is 8.78 Å². The highest BCUT2D eigenvalue weighted by molar-refractivity contribution is 9.09. The molecule has 5 heteroatoms. The molecule has 0 radical (unpaired) electrons. The van der Waals surface area contributed by atoms with Gasteiger partial charge in [0, 0.05) is 16.1 Å². The first-order valence-electron chi connectivity index (χ1n) is 5.87. The third kappa shape index (κ3) is 2.96. The largest absolute Gasteiger partial charge is 0.496 e. The van der Waals surface area contributed by atoms with Crippen molar-refractivity contribution in [2.75, 3.05) is 7.11 Å². The number of hydrogen-bond donors (Lipinski definition) is 0.